The molecule has 0 spiro atoms. The lowest BCUT2D eigenvalue weighted by molar-refractivity contribution is -0.141. The molecule has 1 rings (SSSR count). The number of carbonyl (C=O) groups is 2. The fourth-order valence-electron chi connectivity index (χ4n) is 2.36. The molecule has 0 bridgehead atoms. The van der Waals surface area contributed by atoms with Crippen LogP contribution in [0.1, 0.15) is 47.5 Å². The summed E-state index contributed by atoms with van der Waals surface area (Å²) >= 11 is 0. The van der Waals surface area contributed by atoms with Crippen molar-refractivity contribution in [1.82, 2.24) is 10.2 Å². The summed E-state index contributed by atoms with van der Waals surface area (Å²) < 4.78 is 5.34. The van der Waals surface area contributed by atoms with E-state index in [2.05, 4.69) is 5.32 Å². The Morgan fingerprint density at radius 3 is 2.14 bits per heavy atom. The van der Waals surface area contributed by atoms with E-state index < -0.39 is 17.6 Å². The summed E-state index contributed by atoms with van der Waals surface area (Å²) in [5.41, 5.74) is -0.488. The standard InChI is InChI=1S/C15H28N2O4/c1-10(2)12(13(18)19)16-11-6-8-17(9-7-11)14(20)21-15(3,4)5/h10-12,16H,6-9H2,1-5H3,(H,18,19). The zero-order valence-electron chi connectivity index (χ0n) is 13.7. The molecule has 6 nitrogen and oxygen atoms in total. The molecule has 1 unspecified atom stereocenters. The maximum Gasteiger partial charge on any atom is 0.410 e. The molecule has 1 aliphatic rings. The molecule has 1 atom stereocenters. The fourth-order valence-corrected chi connectivity index (χ4v) is 2.36. The molecule has 1 heterocycles. The smallest absolute Gasteiger partial charge is 0.410 e. The van der Waals surface area contributed by atoms with Crippen molar-refractivity contribution in [2.75, 3.05) is 13.1 Å². The molecule has 1 fully saturated rings. The minimum atomic E-state index is -0.820. The third-order valence-corrected chi connectivity index (χ3v) is 3.49. The number of carboxylic acids is 1. The number of hydrogen-bond donors (Lipinski definition) is 2. The highest BCUT2D eigenvalue weighted by Gasteiger charge is 2.30. The van der Waals surface area contributed by atoms with Crippen LogP contribution in [0, 0.1) is 5.92 Å². The van der Waals surface area contributed by atoms with E-state index in [1.165, 1.54) is 0 Å². The Morgan fingerprint density at radius 2 is 1.76 bits per heavy atom. The Bertz CT molecular complexity index is 368. The molecule has 0 radical (unpaired) electrons. The number of rotatable bonds is 4. The van der Waals surface area contributed by atoms with Gasteiger partial charge in [0.05, 0.1) is 0 Å². The van der Waals surface area contributed by atoms with Crippen LogP contribution in [0.15, 0.2) is 0 Å². The number of piperidine rings is 1. The Kier molecular flexibility index (Phi) is 6.01. The molecule has 6 heteroatoms. The maximum absolute atomic E-state index is 11.9. The van der Waals surface area contributed by atoms with Crippen molar-refractivity contribution in [2.45, 2.75) is 65.1 Å². The van der Waals surface area contributed by atoms with E-state index in [4.69, 9.17) is 4.74 Å². The van der Waals surface area contributed by atoms with Crippen LogP contribution in [0.2, 0.25) is 0 Å². The largest absolute Gasteiger partial charge is 0.480 e. The molecular formula is C15H28N2O4. The van der Waals surface area contributed by atoms with Crippen LogP contribution >= 0.6 is 0 Å². The molecule has 122 valence electrons. The Balaban J connectivity index is 2.45. The molecule has 0 aromatic heterocycles. The molecule has 2 N–H and O–H groups in total. The highest BCUT2D eigenvalue weighted by Crippen LogP contribution is 2.16. The lowest BCUT2D eigenvalue weighted by Crippen LogP contribution is -2.52. The Morgan fingerprint density at radius 1 is 1.24 bits per heavy atom. The van der Waals surface area contributed by atoms with E-state index in [9.17, 15) is 14.7 Å². The highest BCUT2D eigenvalue weighted by molar-refractivity contribution is 5.73. The second kappa shape index (κ2) is 7.11. The predicted octanol–water partition coefficient (Wildman–Crippen LogP) is 2.08. The Labute approximate surface area is 126 Å². The van der Waals surface area contributed by atoms with Gasteiger partial charge < -0.3 is 20.1 Å². The number of nitrogens with one attached hydrogen (secondary N) is 1. The van der Waals surface area contributed by atoms with Crippen LogP contribution in [-0.2, 0) is 9.53 Å². The van der Waals surface area contributed by atoms with Crippen LogP contribution in [0.25, 0.3) is 0 Å². The number of amides is 1. The van der Waals surface area contributed by atoms with Gasteiger partial charge in [0, 0.05) is 19.1 Å². The van der Waals surface area contributed by atoms with Gasteiger partial charge in [-0.15, -0.1) is 0 Å². The topological polar surface area (TPSA) is 78.9 Å². The van der Waals surface area contributed by atoms with Gasteiger partial charge >= 0.3 is 12.1 Å². The van der Waals surface area contributed by atoms with Crippen molar-refractivity contribution >= 4 is 12.1 Å². The van der Waals surface area contributed by atoms with E-state index >= 15 is 0 Å². The number of aliphatic carboxylic acids is 1. The molecule has 1 saturated heterocycles. The molecule has 1 amide bonds. The van der Waals surface area contributed by atoms with Gasteiger partial charge in [0.2, 0.25) is 0 Å². The van der Waals surface area contributed by atoms with Crippen molar-refractivity contribution in [1.29, 1.82) is 0 Å². The molecule has 0 saturated carbocycles. The fraction of sp³-hybridized carbons (Fsp3) is 0.867. The van der Waals surface area contributed by atoms with Crippen molar-refractivity contribution in [3.63, 3.8) is 0 Å². The van der Waals surface area contributed by atoms with Gasteiger partial charge in [-0.05, 0) is 39.5 Å². The van der Waals surface area contributed by atoms with Crippen molar-refractivity contribution in [3.05, 3.63) is 0 Å². The predicted molar refractivity (Wildman–Crippen MR) is 80.2 cm³/mol. The summed E-state index contributed by atoms with van der Waals surface area (Å²) in [5.74, 6) is -0.786. The van der Waals surface area contributed by atoms with Crippen molar-refractivity contribution < 1.29 is 19.4 Å². The van der Waals surface area contributed by atoms with Gasteiger partial charge in [-0.2, -0.15) is 0 Å². The van der Waals surface area contributed by atoms with Crippen LogP contribution < -0.4 is 5.32 Å². The molecule has 1 aliphatic heterocycles. The van der Waals surface area contributed by atoms with Gasteiger partial charge in [0.1, 0.15) is 11.6 Å². The summed E-state index contributed by atoms with van der Waals surface area (Å²) in [5, 5.41) is 12.4. The summed E-state index contributed by atoms with van der Waals surface area (Å²) in [4.78, 5) is 24.8. The second-order valence-corrected chi connectivity index (χ2v) is 6.97. The van der Waals surface area contributed by atoms with Crippen molar-refractivity contribution in [2.24, 2.45) is 5.92 Å². The Hall–Kier alpha value is -1.30. The number of hydrogen-bond acceptors (Lipinski definition) is 4. The van der Waals surface area contributed by atoms with Gasteiger partial charge in [0.25, 0.3) is 0 Å². The first-order valence-corrected chi connectivity index (χ1v) is 7.57. The van der Waals surface area contributed by atoms with Gasteiger partial charge in [-0.25, -0.2) is 4.79 Å². The van der Waals surface area contributed by atoms with Crippen molar-refractivity contribution in [3.8, 4) is 0 Å². The summed E-state index contributed by atoms with van der Waals surface area (Å²) in [6.07, 6.45) is 1.20. The highest BCUT2D eigenvalue weighted by atomic mass is 16.6. The number of carbonyl (C=O) groups excluding carboxylic acids is 1. The summed E-state index contributed by atoms with van der Waals surface area (Å²) in [6, 6.07) is -0.407. The number of nitrogens with zero attached hydrogens (tertiary/aromatic N) is 1. The van der Waals surface area contributed by atoms with Gasteiger partial charge in [-0.1, -0.05) is 13.8 Å². The summed E-state index contributed by atoms with van der Waals surface area (Å²) in [7, 11) is 0. The number of likely N-dealkylation sites (tertiary alicyclic amines) is 1. The minimum absolute atomic E-state index is 0.0337. The molecular weight excluding hydrogens is 272 g/mol. The lowest BCUT2D eigenvalue weighted by Gasteiger charge is -2.35. The maximum atomic E-state index is 11.9. The zero-order chi connectivity index (χ0) is 16.2. The third-order valence-electron chi connectivity index (χ3n) is 3.49. The molecule has 0 aromatic carbocycles. The van der Waals surface area contributed by atoms with Crippen LogP contribution in [0.3, 0.4) is 0 Å². The quantitative estimate of drug-likeness (QED) is 0.831. The van der Waals surface area contributed by atoms with Crippen LogP contribution in [0.5, 0.6) is 0 Å². The first-order valence-electron chi connectivity index (χ1n) is 7.57. The van der Waals surface area contributed by atoms with Crippen LogP contribution in [0.4, 0.5) is 4.79 Å². The SMILES string of the molecule is CC(C)C(NC1CCN(C(=O)OC(C)(C)C)CC1)C(=O)O. The number of carboxylic acid groups (broad SMARTS) is 1. The monoisotopic (exact) mass is 300 g/mol. The van der Waals surface area contributed by atoms with E-state index in [-0.39, 0.29) is 18.1 Å². The second-order valence-electron chi connectivity index (χ2n) is 6.97. The first kappa shape index (κ1) is 17.8. The molecule has 21 heavy (non-hydrogen) atoms. The summed E-state index contributed by atoms with van der Waals surface area (Å²) in [6.45, 7) is 10.5. The van der Waals surface area contributed by atoms with E-state index in [1.807, 2.05) is 34.6 Å². The zero-order valence-corrected chi connectivity index (χ0v) is 13.7. The van der Waals surface area contributed by atoms with E-state index in [0.29, 0.717) is 13.1 Å². The molecule has 0 aromatic rings. The first-order chi connectivity index (χ1) is 9.60. The average molecular weight is 300 g/mol. The third kappa shape index (κ3) is 5.91. The van der Waals surface area contributed by atoms with Gasteiger partial charge in [-0.3, -0.25) is 4.79 Å². The minimum Gasteiger partial charge on any atom is -0.480 e. The van der Waals surface area contributed by atoms with E-state index in [1.54, 1.807) is 4.90 Å². The van der Waals surface area contributed by atoms with Crippen LogP contribution in [-0.4, -0.2) is 52.8 Å². The lowest BCUT2D eigenvalue weighted by atomic mass is 9.99. The number of ether oxygens (including phenoxy) is 1. The van der Waals surface area contributed by atoms with E-state index in [0.717, 1.165) is 12.8 Å². The normalized spacial score (nSPS) is 18.7. The van der Waals surface area contributed by atoms with Gasteiger partial charge in [0.15, 0.2) is 0 Å². The molecule has 0 aliphatic carbocycles. The average Bonchev–Trinajstić information content (AvgIpc) is 2.33.